The summed E-state index contributed by atoms with van der Waals surface area (Å²) in [6, 6.07) is 13.4. The maximum atomic E-state index is 11.1. The van der Waals surface area contributed by atoms with Gasteiger partial charge in [0.25, 0.3) is 0 Å². The zero-order valence-electron chi connectivity index (χ0n) is 11.2. The maximum Gasteiger partial charge on any atom is 0.311 e. The van der Waals surface area contributed by atoms with Crippen molar-refractivity contribution in [3.05, 3.63) is 69.8 Å². The van der Waals surface area contributed by atoms with Crippen LogP contribution in [0.15, 0.2) is 48.5 Å². The van der Waals surface area contributed by atoms with Gasteiger partial charge in [0, 0.05) is 6.07 Å². The molecule has 0 unspecified atom stereocenters. The van der Waals surface area contributed by atoms with E-state index in [-0.39, 0.29) is 23.6 Å². The highest BCUT2D eigenvalue weighted by molar-refractivity contribution is 5.49. The van der Waals surface area contributed by atoms with E-state index in [1.807, 2.05) is 30.3 Å². The fourth-order valence-electron chi connectivity index (χ4n) is 1.85. The summed E-state index contributed by atoms with van der Waals surface area (Å²) in [5, 5.41) is 29.5. The average Bonchev–Trinajstić information content (AvgIpc) is 2.52. The van der Waals surface area contributed by atoms with Gasteiger partial charge in [-0.1, -0.05) is 36.4 Å². The van der Waals surface area contributed by atoms with Gasteiger partial charge in [-0.3, -0.25) is 10.1 Å². The number of ether oxygens (including phenoxy) is 1. The molecule has 0 spiro atoms. The van der Waals surface area contributed by atoms with Crippen molar-refractivity contribution in [1.29, 1.82) is 0 Å². The molecule has 0 aliphatic heterocycles. The molecule has 0 bridgehead atoms. The number of aliphatic hydroxyl groups is 2. The van der Waals surface area contributed by atoms with Gasteiger partial charge in [-0.15, -0.1) is 0 Å². The SMILES string of the molecule is O=[N+]([O-])c1cc([C@H](O)CO)ccc1OCc1ccccc1. The van der Waals surface area contributed by atoms with Crippen LogP contribution in [0.4, 0.5) is 5.69 Å². The van der Waals surface area contributed by atoms with E-state index >= 15 is 0 Å². The van der Waals surface area contributed by atoms with Crippen LogP contribution in [0, 0.1) is 10.1 Å². The Morgan fingerprint density at radius 3 is 2.52 bits per heavy atom. The van der Waals surface area contributed by atoms with E-state index in [0.29, 0.717) is 0 Å². The highest BCUT2D eigenvalue weighted by Gasteiger charge is 2.18. The van der Waals surface area contributed by atoms with Crippen molar-refractivity contribution in [2.75, 3.05) is 6.61 Å². The Kier molecular flexibility index (Phi) is 4.86. The average molecular weight is 289 g/mol. The van der Waals surface area contributed by atoms with Crippen molar-refractivity contribution in [2.24, 2.45) is 0 Å². The number of aliphatic hydroxyl groups excluding tert-OH is 2. The molecule has 1 atom stereocenters. The van der Waals surface area contributed by atoms with Gasteiger partial charge >= 0.3 is 5.69 Å². The quantitative estimate of drug-likeness (QED) is 0.628. The lowest BCUT2D eigenvalue weighted by atomic mass is 10.1. The van der Waals surface area contributed by atoms with Crippen LogP contribution in [0.3, 0.4) is 0 Å². The molecule has 0 amide bonds. The number of rotatable bonds is 6. The van der Waals surface area contributed by atoms with E-state index < -0.39 is 17.6 Å². The number of hydrogen-bond donors (Lipinski definition) is 2. The minimum atomic E-state index is -1.15. The van der Waals surface area contributed by atoms with Gasteiger partial charge in [-0.25, -0.2) is 0 Å². The van der Waals surface area contributed by atoms with Gasteiger partial charge in [-0.2, -0.15) is 0 Å². The molecule has 2 aromatic carbocycles. The van der Waals surface area contributed by atoms with Crippen LogP contribution in [-0.4, -0.2) is 21.7 Å². The topological polar surface area (TPSA) is 92.8 Å². The van der Waals surface area contributed by atoms with Crippen LogP contribution in [0.2, 0.25) is 0 Å². The zero-order valence-corrected chi connectivity index (χ0v) is 11.2. The highest BCUT2D eigenvalue weighted by Crippen LogP contribution is 2.30. The van der Waals surface area contributed by atoms with Crippen LogP contribution >= 0.6 is 0 Å². The van der Waals surface area contributed by atoms with Crippen molar-refractivity contribution in [1.82, 2.24) is 0 Å². The molecule has 2 aromatic rings. The molecule has 0 radical (unpaired) electrons. The summed E-state index contributed by atoms with van der Waals surface area (Å²) in [4.78, 5) is 10.5. The molecule has 0 saturated carbocycles. The van der Waals surface area contributed by atoms with Gasteiger partial charge in [0.05, 0.1) is 11.5 Å². The number of nitrogens with zero attached hydrogens (tertiary/aromatic N) is 1. The Bertz CT molecular complexity index is 615. The molecule has 2 N–H and O–H groups in total. The normalized spacial score (nSPS) is 11.9. The predicted octanol–water partition coefficient (Wildman–Crippen LogP) is 2.20. The van der Waals surface area contributed by atoms with Crippen LogP contribution in [0.5, 0.6) is 5.75 Å². The molecule has 0 heterocycles. The van der Waals surface area contributed by atoms with Gasteiger partial charge in [0.2, 0.25) is 0 Å². The number of benzene rings is 2. The third-order valence-electron chi connectivity index (χ3n) is 2.97. The molecule has 6 nitrogen and oxygen atoms in total. The molecule has 0 aliphatic carbocycles. The minimum absolute atomic E-state index is 0.123. The second-order valence-corrected chi connectivity index (χ2v) is 4.46. The Balaban J connectivity index is 2.20. The molecule has 2 rings (SSSR count). The van der Waals surface area contributed by atoms with Gasteiger partial charge in [0.1, 0.15) is 12.7 Å². The monoisotopic (exact) mass is 289 g/mol. The first-order valence-corrected chi connectivity index (χ1v) is 6.36. The second kappa shape index (κ2) is 6.83. The molecule has 6 heteroatoms. The Morgan fingerprint density at radius 1 is 1.19 bits per heavy atom. The number of nitro benzene ring substituents is 1. The van der Waals surface area contributed by atoms with E-state index in [2.05, 4.69) is 0 Å². The first-order chi connectivity index (χ1) is 10.1. The van der Waals surface area contributed by atoms with E-state index in [4.69, 9.17) is 9.84 Å². The van der Waals surface area contributed by atoms with Crippen molar-refractivity contribution < 1.29 is 19.9 Å². The zero-order chi connectivity index (χ0) is 15.2. The van der Waals surface area contributed by atoms with Crippen molar-refractivity contribution >= 4 is 5.69 Å². The molecule has 0 saturated heterocycles. The van der Waals surface area contributed by atoms with E-state index in [9.17, 15) is 15.2 Å². The first kappa shape index (κ1) is 15.0. The third kappa shape index (κ3) is 3.77. The van der Waals surface area contributed by atoms with Crippen LogP contribution < -0.4 is 4.74 Å². The summed E-state index contributed by atoms with van der Waals surface area (Å²) in [6.07, 6.45) is -1.15. The lowest BCUT2D eigenvalue weighted by Crippen LogP contribution is -2.05. The summed E-state index contributed by atoms with van der Waals surface area (Å²) >= 11 is 0. The van der Waals surface area contributed by atoms with Crippen molar-refractivity contribution in [3.63, 3.8) is 0 Å². The summed E-state index contributed by atoms with van der Waals surface area (Å²) in [6.45, 7) is -0.287. The van der Waals surface area contributed by atoms with Crippen LogP contribution in [0.25, 0.3) is 0 Å². The van der Waals surface area contributed by atoms with Crippen LogP contribution in [-0.2, 0) is 6.61 Å². The van der Waals surface area contributed by atoms with E-state index in [1.54, 1.807) is 0 Å². The second-order valence-electron chi connectivity index (χ2n) is 4.46. The minimum Gasteiger partial charge on any atom is -0.482 e. The molecule has 0 aliphatic rings. The summed E-state index contributed by atoms with van der Waals surface area (Å²) in [7, 11) is 0. The van der Waals surface area contributed by atoms with E-state index in [0.717, 1.165) is 5.56 Å². The largest absolute Gasteiger partial charge is 0.482 e. The fourth-order valence-corrected chi connectivity index (χ4v) is 1.85. The molecule has 110 valence electrons. The fraction of sp³-hybridized carbons (Fsp3) is 0.200. The predicted molar refractivity (Wildman–Crippen MR) is 75.9 cm³/mol. The van der Waals surface area contributed by atoms with Gasteiger partial charge in [0.15, 0.2) is 5.75 Å². The summed E-state index contributed by atoms with van der Waals surface area (Å²) in [5.74, 6) is 0.123. The highest BCUT2D eigenvalue weighted by atomic mass is 16.6. The van der Waals surface area contributed by atoms with Crippen LogP contribution in [0.1, 0.15) is 17.2 Å². The molecule has 0 fully saturated rings. The van der Waals surface area contributed by atoms with Gasteiger partial charge in [-0.05, 0) is 17.2 Å². The molecule has 0 aromatic heterocycles. The Labute approximate surface area is 121 Å². The first-order valence-electron chi connectivity index (χ1n) is 6.36. The smallest absolute Gasteiger partial charge is 0.311 e. The summed E-state index contributed by atoms with van der Waals surface area (Å²) in [5.41, 5.74) is 0.929. The van der Waals surface area contributed by atoms with Crippen molar-refractivity contribution in [2.45, 2.75) is 12.7 Å². The third-order valence-corrected chi connectivity index (χ3v) is 2.97. The maximum absolute atomic E-state index is 11.1. The Morgan fingerprint density at radius 2 is 1.90 bits per heavy atom. The molecular weight excluding hydrogens is 274 g/mol. The van der Waals surface area contributed by atoms with Gasteiger partial charge < -0.3 is 14.9 Å². The standard InChI is InChI=1S/C15H15NO5/c17-9-14(18)12-6-7-15(13(8-12)16(19)20)21-10-11-4-2-1-3-5-11/h1-8,14,17-18H,9-10H2/t14-/m1/s1. The lowest BCUT2D eigenvalue weighted by Gasteiger charge is -2.10. The number of nitro groups is 1. The van der Waals surface area contributed by atoms with Crippen molar-refractivity contribution in [3.8, 4) is 5.75 Å². The molecule has 21 heavy (non-hydrogen) atoms. The lowest BCUT2D eigenvalue weighted by molar-refractivity contribution is -0.386. The molecular formula is C15H15NO5. The van der Waals surface area contributed by atoms with E-state index in [1.165, 1.54) is 18.2 Å². The summed E-state index contributed by atoms with van der Waals surface area (Å²) < 4.78 is 5.47. The Hall–Kier alpha value is -2.44. The number of hydrogen-bond acceptors (Lipinski definition) is 5.